The van der Waals surface area contributed by atoms with Gasteiger partial charge in [-0.05, 0) is 32.9 Å². The van der Waals surface area contributed by atoms with Crippen LogP contribution in [0.15, 0.2) is 24.3 Å². The van der Waals surface area contributed by atoms with E-state index in [1.807, 2.05) is 9.80 Å². The van der Waals surface area contributed by atoms with Gasteiger partial charge in [-0.2, -0.15) is 17.6 Å². The van der Waals surface area contributed by atoms with Gasteiger partial charge in [0.05, 0.1) is 6.04 Å². The largest absolute Gasteiger partial charge is 0.461 e. The summed E-state index contributed by atoms with van der Waals surface area (Å²) in [6, 6.07) is 5.46. The molecule has 0 saturated carbocycles. The van der Waals surface area contributed by atoms with Crippen molar-refractivity contribution >= 4 is 11.6 Å². The van der Waals surface area contributed by atoms with Crippen LogP contribution >= 0.6 is 0 Å². The number of carbonyl (C=O) groups is 1. The molecule has 10 heteroatoms. The van der Waals surface area contributed by atoms with Gasteiger partial charge >= 0.3 is 12.5 Å². The van der Waals surface area contributed by atoms with Crippen LogP contribution in [0.2, 0.25) is 0 Å². The van der Waals surface area contributed by atoms with Crippen LogP contribution in [0.4, 0.5) is 23.2 Å². The average molecular weight is 446 g/mol. The Kier molecular flexibility index (Phi) is 7.00. The summed E-state index contributed by atoms with van der Waals surface area (Å²) in [6.45, 7) is 10.7. The van der Waals surface area contributed by atoms with Crippen LogP contribution in [-0.4, -0.2) is 85.6 Å². The molecule has 1 atom stereocenters. The molecule has 3 rings (SSSR count). The number of alkyl halides is 4. The van der Waals surface area contributed by atoms with Crippen LogP contribution < -0.4 is 15.0 Å². The van der Waals surface area contributed by atoms with Crippen molar-refractivity contribution in [1.82, 2.24) is 15.1 Å². The number of nitrogens with zero attached hydrogens (tertiary/aromatic N) is 3. The Morgan fingerprint density at radius 3 is 2.42 bits per heavy atom. The Labute approximate surface area is 180 Å². The number of rotatable bonds is 5. The van der Waals surface area contributed by atoms with Crippen LogP contribution in [0.1, 0.15) is 20.8 Å². The fourth-order valence-corrected chi connectivity index (χ4v) is 3.88. The molecule has 0 radical (unpaired) electrons. The normalized spacial score (nSPS) is 21.5. The van der Waals surface area contributed by atoms with E-state index < -0.39 is 12.5 Å². The monoisotopic (exact) mass is 446 g/mol. The molecule has 0 aliphatic carbocycles. The van der Waals surface area contributed by atoms with Crippen molar-refractivity contribution in [3.63, 3.8) is 0 Å². The topological polar surface area (TPSA) is 48.1 Å². The van der Waals surface area contributed by atoms with Gasteiger partial charge in [0.2, 0.25) is 5.91 Å². The molecule has 1 aromatic carbocycles. The summed E-state index contributed by atoms with van der Waals surface area (Å²) in [6.07, 6.45) is -8.45. The first-order valence-corrected chi connectivity index (χ1v) is 10.4. The average Bonchev–Trinajstić information content (AvgIpc) is 2.72. The highest BCUT2D eigenvalue weighted by Gasteiger charge is 2.44. The number of benzene rings is 1. The summed E-state index contributed by atoms with van der Waals surface area (Å²) in [5, 5.41) is 3.30. The third-order valence-electron chi connectivity index (χ3n) is 5.70. The number of nitrogens with one attached hydrogen (secondary N) is 1. The Hall–Kier alpha value is -2.07. The molecule has 0 bridgehead atoms. The predicted octanol–water partition coefficient (Wildman–Crippen LogP) is 2.64. The zero-order chi connectivity index (χ0) is 22.8. The highest BCUT2D eigenvalue weighted by Crippen LogP contribution is 2.30. The third-order valence-corrected chi connectivity index (χ3v) is 5.70. The smallest absolute Gasteiger partial charge is 0.428 e. The maximum absolute atomic E-state index is 13.2. The molecule has 2 heterocycles. The first kappa shape index (κ1) is 23.6. The van der Waals surface area contributed by atoms with Crippen LogP contribution in [-0.2, 0) is 4.79 Å². The van der Waals surface area contributed by atoms with E-state index in [0.717, 1.165) is 13.1 Å². The minimum absolute atomic E-state index is 0.00641. The molecule has 1 amide bonds. The fourth-order valence-electron chi connectivity index (χ4n) is 3.88. The van der Waals surface area contributed by atoms with Crippen molar-refractivity contribution in [2.24, 2.45) is 0 Å². The molecule has 1 aromatic rings. The van der Waals surface area contributed by atoms with Gasteiger partial charge in [0.15, 0.2) is 0 Å². The number of halogens is 4. The lowest BCUT2D eigenvalue weighted by atomic mass is 10.0. The van der Waals surface area contributed by atoms with Gasteiger partial charge in [-0.25, -0.2) is 0 Å². The molecule has 6 nitrogen and oxygen atoms in total. The lowest BCUT2D eigenvalue weighted by Gasteiger charge is -2.43. The lowest BCUT2D eigenvalue weighted by molar-refractivity contribution is -0.253. The van der Waals surface area contributed by atoms with Gasteiger partial charge in [-0.1, -0.05) is 6.07 Å². The number of piperazine rings is 2. The minimum atomic E-state index is -4.54. The number of amides is 1. The molecule has 2 saturated heterocycles. The number of ether oxygens (including phenoxy) is 1. The molecule has 2 aliphatic rings. The van der Waals surface area contributed by atoms with Crippen molar-refractivity contribution in [3.05, 3.63) is 24.3 Å². The summed E-state index contributed by atoms with van der Waals surface area (Å²) in [5.41, 5.74) is 0.581. The van der Waals surface area contributed by atoms with Crippen molar-refractivity contribution in [1.29, 1.82) is 0 Å². The summed E-state index contributed by atoms with van der Waals surface area (Å²) < 4.78 is 55.3. The van der Waals surface area contributed by atoms with Gasteiger partial charge in [0, 0.05) is 63.1 Å². The standard InChI is InChI=1S/C21H30F4N4O2/c1-20(2,3)29-8-7-26-17(14-29)18(30)28-11-9-27(10-12-28)15-5-4-6-16(13-15)31-21(24,25)19(22)23/h4-6,13,17,19,26H,7-12,14H2,1-3H3/t17-/m1/s1. The summed E-state index contributed by atoms with van der Waals surface area (Å²) >= 11 is 0. The minimum Gasteiger partial charge on any atom is -0.428 e. The van der Waals surface area contributed by atoms with Crippen LogP contribution in [0.3, 0.4) is 0 Å². The van der Waals surface area contributed by atoms with Crippen LogP contribution in [0, 0.1) is 0 Å². The van der Waals surface area contributed by atoms with Crippen LogP contribution in [0.25, 0.3) is 0 Å². The number of hydrogen-bond donors (Lipinski definition) is 1. The molecule has 2 fully saturated rings. The molecule has 174 valence electrons. The van der Waals surface area contributed by atoms with Crippen LogP contribution in [0.5, 0.6) is 5.75 Å². The van der Waals surface area contributed by atoms with Gasteiger partial charge < -0.3 is 19.9 Å². The first-order chi connectivity index (χ1) is 14.5. The first-order valence-electron chi connectivity index (χ1n) is 10.4. The molecular weight excluding hydrogens is 416 g/mol. The van der Waals surface area contributed by atoms with E-state index in [0.29, 0.717) is 38.4 Å². The van der Waals surface area contributed by atoms with E-state index in [-0.39, 0.29) is 23.2 Å². The maximum atomic E-state index is 13.2. The van der Waals surface area contributed by atoms with Crippen molar-refractivity contribution in [3.8, 4) is 5.75 Å². The SMILES string of the molecule is CC(C)(C)N1CCN[C@@H](C(=O)N2CCN(c3cccc(OC(F)(F)C(F)F)c3)CC2)C1. The molecule has 31 heavy (non-hydrogen) atoms. The Morgan fingerprint density at radius 2 is 1.81 bits per heavy atom. The van der Waals surface area contributed by atoms with Gasteiger partial charge in [-0.3, -0.25) is 9.69 Å². The zero-order valence-electron chi connectivity index (χ0n) is 18.1. The van der Waals surface area contributed by atoms with Crippen molar-refractivity contribution < 1.29 is 27.1 Å². The van der Waals surface area contributed by atoms with E-state index in [1.54, 1.807) is 6.07 Å². The highest BCUT2D eigenvalue weighted by molar-refractivity contribution is 5.82. The predicted molar refractivity (Wildman–Crippen MR) is 110 cm³/mol. The number of hydrogen-bond acceptors (Lipinski definition) is 5. The number of carbonyl (C=O) groups excluding carboxylic acids is 1. The second-order valence-corrected chi connectivity index (χ2v) is 8.90. The third kappa shape index (κ3) is 5.79. The Balaban J connectivity index is 1.57. The van der Waals surface area contributed by atoms with E-state index in [4.69, 9.17) is 0 Å². The molecule has 0 aromatic heterocycles. The zero-order valence-corrected chi connectivity index (χ0v) is 18.1. The number of anilines is 1. The van der Waals surface area contributed by atoms with E-state index in [2.05, 4.69) is 35.7 Å². The Bertz CT molecular complexity index is 764. The Morgan fingerprint density at radius 1 is 1.13 bits per heavy atom. The molecule has 0 unspecified atom stereocenters. The van der Waals surface area contributed by atoms with E-state index in [1.165, 1.54) is 18.2 Å². The fraction of sp³-hybridized carbons (Fsp3) is 0.667. The second kappa shape index (κ2) is 9.20. The molecule has 1 N–H and O–H groups in total. The van der Waals surface area contributed by atoms with Gasteiger partial charge in [0.25, 0.3) is 0 Å². The van der Waals surface area contributed by atoms with Gasteiger partial charge in [0.1, 0.15) is 5.75 Å². The van der Waals surface area contributed by atoms with E-state index in [9.17, 15) is 22.4 Å². The maximum Gasteiger partial charge on any atom is 0.461 e. The second-order valence-electron chi connectivity index (χ2n) is 8.90. The van der Waals surface area contributed by atoms with E-state index >= 15 is 0 Å². The highest BCUT2D eigenvalue weighted by atomic mass is 19.3. The summed E-state index contributed by atoms with van der Waals surface area (Å²) in [5.74, 6) is -0.266. The molecule has 2 aliphatic heterocycles. The summed E-state index contributed by atoms with van der Waals surface area (Å²) in [7, 11) is 0. The quantitative estimate of drug-likeness (QED) is 0.705. The molecular formula is C21H30F4N4O2. The molecule has 0 spiro atoms. The lowest BCUT2D eigenvalue weighted by Crippen LogP contribution is -2.63. The summed E-state index contributed by atoms with van der Waals surface area (Å²) in [4.78, 5) is 19.0. The van der Waals surface area contributed by atoms with Gasteiger partial charge in [-0.15, -0.1) is 0 Å². The van der Waals surface area contributed by atoms with Crippen molar-refractivity contribution in [2.45, 2.75) is 44.9 Å². The van der Waals surface area contributed by atoms with Crippen molar-refractivity contribution in [2.75, 3.05) is 50.7 Å².